The second kappa shape index (κ2) is 9.23. The summed E-state index contributed by atoms with van der Waals surface area (Å²) < 4.78 is 5.61. The second-order valence-electron chi connectivity index (χ2n) is 4.60. The minimum absolute atomic E-state index is 0. The Hall–Kier alpha value is 0.170. The Labute approximate surface area is 106 Å². The molecule has 1 N–H and O–H groups in total. The third-order valence-electron chi connectivity index (χ3n) is 2.92. The zero-order valence-corrected chi connectivity index (χ0v) is 11.7. The number of halogens is 1. The van der Waals surface area contributed by atoms with Crippen LogP contribution in [0, 0.1) is 0 Å². The fourth-order valence-corrected chi connectivity index (χ4v) is 2.12. The largest absolute Gasteiger partial charge is 0.377 e. The first-order chi connectivity index (χ1) is 7.24. The first kappa shape index (κ1) is 16.2. The Balaban J connectivity index is 0.00000225. The molecule has 1 aliphatic rings. The Bertz CT molecular complexity index is 165. The van der Waals surface area contributed by atoms with Crippen molar-refractivity contribution in [1.29, 1.82) is 0 Å². The van der Waals surface area contributed by atoms with Gasteiger partial charge < -0.3 is 10.1 Å². The topological polar surface area (TPSA) is 24.5 Å². The van der Waals surface area contributed by atoms with Crippen molar-refractivity contribution < 1.29 is 4.74 Å². The van der Waals surface area contributed by atoms with Crippen LogP contribution in [0.25, 0.3) is 0 Å². The molecule has 0 aromatic carbocycles. The van der Waals surface area contributed by atoms with Crippen LogP contribution < -0.4 is 5.32 Å². The van der Waals surface area contributed by atoms with Crippen molar-refractivity contribution in [2.24, 2.45) is 0 Å². The Kier molecular flexibility index (Phi) is 9.32. The highest BCUT2D eigenvalue weighted by Crippen LogP contribution is 2.09. The molecule has 0 aromatic rings. The molecule has 0 aliphatic carbocycles. The van der Waals surface area contributed by atoms with Crippen LogP contribution in [0.1, 0.15) is 33.6 Å². The van der Waals surface area contributed by atoms with Crippen LogP contribution in [-0.4, -0.2) is 49.8 Å². The molecular weight excluding hydrogens is 224 g/mol. The average Bonchev–Trinajstić information content (AvgIpc) is 2.20. The quantitative estimate of drug-likeness (QED) is 0.780. The van der Waals surface area contributed by atoms with Crippen molar-refractivity contribution in [3.05, 3.63) is 0 Å². The lowest BCUT2D eigenvalue weighted by Crippen LogP contribution is -2.52. The van der Waals surface area contributed by atoms with E-state index in [0.29, 0.717) is 6.10 Å². The van der Waals surface area contributed by atoms with E-state index >= 15 is 0 Å². The molecule has 4 heteroatoms. The number of hydrogen-bond acceptors (Lipinski definition) is 3. The molecule has 1 rings (SSSR count). The highest BCUT2D eigenvalue weighted by atomic mass is 35.5. The van der Waals surface area contributed by atoms with Crippen molar-refractivity contribution in [1.82, 2.24) is 10.2 Å². The molecule has 1 atom stereocenters. The summed E-state index contributed by atoms with van der Waals surface area (Å²) in [5, 5.41) is 3.47. The predicted molar refractivity (Wildman–Crippen MR) is 71.5 cm³/mol. The molecule has 0 saturated carbocycles. The lowest BCUT2D eigenvalue weighted by Gasteiger charge is -2.36. The minimum atomic E-state index is 0. The van der Waals surface area contributed by atoms with Gasteiger partial charge in [-0.2, -0.15) is 0 Å². The van der Waals surface area contributed by atoms with Crippen molar-refractivity contribution in [2.75, 3.05) is 32.8 Å². The summed E-state index contributed by atoms with van der Waals surface area (Å²) in [6, 6.07) is 0.722. The smallest absolute Gasteiger partial charge is 0.0597 e. The van der Waals surface area contributed by atoms with Gasteiger partial charge in [0.05, 0.1) is 12.7 Å². The molecule has 3 nitrogen and oxygen atoms in total. The molecule has 0 amide bonds. The molecule has 1 heterocycles. The highest BCUT2D eigenvalue weighted by Gasteiger charge is 2.20. The molecule has 1 saturated heterocycles. The van der Waals surface area contributed by atoms with Crippen LogP contribution in [0.5, 0.6) is 0 Å². The summed E-state index contributed by atoms with van der Waals surface area (Å²) in [7, 11) is 0. The summed E-state index contributed by atoms with van der Waals surface area (Å²) in [4.78, 5) is 2.57. The highest BCUT2D eigenvalue weighted by molar-refractivity contribution is 5.85. The van der Waals surface area contributed by atoms with Gasteiger partial charge in [-0.1, -0.05) is 13.3 Å². The molecule has 0 aromatic heterocycles. The average molecular weight is 251 g/mol. The molecular formula is C12H27ClN2O. The normalized spacial score (nSPS) is 22.1. The maximum absolute atomic E-state index is 5.61. The number of hydrogen-bond donors (Lipinski definition) is 1. The zero-order valence-electron chi connectivity index (χ0n) is 10.9. The summed E-state index contributed by atoms with van der Waals surface area (Å²) >= 11 is 0. The lowest BCUT2D eigenvalue weighted by molar-refractivity contribution is 0.0418. The standard InChI is InChI=1S/C12H26N2O.ClH/c1-4-5-12-10-13-6-7-14(12)8-9-15-11(2)3;/h11-13H,4-10H2,1-3H3;1H. The van der Waals surface area contributed by atoms with E-state index in [0.717, 1.165) is 32.3 Å². The predicted octanol–water partition coefficient (Wildman–Crippen LogP) is 1.91. The second-order valence-corrected chi connectivity index (χ2v) is 4.60. The van der Waals surface area contributed by atoms with Crippen molar-refractivity contribution in [3.63, 3.8) is 0 Å². The number of piperazine rings is 1. The summed E-state index contributed by atoms with van der Waals surface area (Å²) in [6.45, 7) is 11.9. The van der Waals surface area contributed by atoms with Gasteiger partial charge in [0, 0.05) is 32.2 Å². The van der Waals surface area contributed by atoms with Crippen LogP contribution in [0.3, 0.4) is 0 Å². The van der Waals surface area contributed by atoms with Crippen LogP contribution in [0.4, 0.5) is 0 Å². The minimum Gasteiger partial charge on any atom is -0.377 e. The summed E-state index contributed by atoms with van der Waals surface area (Å²) in [5.41, 5.74) is 0. The number of nitrogens with zero attached hydrogens (tertiary/aromatic N) is 1. The molecule has 0 spiro atoms. The van der Waals surface area contributed by atoms with Gasteiger partial charge in [-0.25, -0.2) is 0 Å². The van der Waals surface area contributed by atoms with E-state index in [2.05, 4.69) is 31.0 Å². The number of ether oxygens (including phenoxy) is 1. The van der Waals surface area contributed by atoms with E-state index in [4.69, 9.17) is 4.74 Å². The van der Waals surface area contributed by atoms with Crippen LogP contribution >= 0.6 is 12.4 Å². The molecule has 0 radical (unpaired) electrons. The fourth-order valence-electron chi connectivity index (χ4n) is 2.12. The van der Waals surface area contributed by atoms with Gasteiger partial charge in [-0.15, -0.1) is 12.4 Å². The first-order valence-corrected chi connectivity index (χ1v) is 6.30. The monoisotopic (exact) mass is 250 g/mol. The van der Waals surface area contributed by atoms with Crippen LogP contribution in [-0.2, 0) is 4.74 Å². The van der Waals surface area contributed by atoms with Crippen molar-refractivity contribution in [3.8, 4) is 0 Å². The van der Waals surface area contributed by atoms with E-state index in [1.54, 1.807) is 0 Å². The van der Waals surface area contributed by atoms with Gasteiger partial charge in [-0.05, 0) is 20.3 Å². The van der Waals surface area contributed by atoms with Crippen molar-refractivity contribution >= 4 is 12.4 Å². The van der Waals surface area contributed by atoms with E-state index in [9.17, 15) is 0 Å². The lowest BCUT2D eigenvalue weighted by atomic mass is 10.1. The molecule has 0 bridgehead atoms. The summed E-state index contributed by atoms with van der Waals surface area (Å²) in [5.74, 6) is 0. The number of nitrogens with one attached hydrogen (secondary N) is 1. The van der Waals surface area contributed by atoms with Gasteiger partial charge in [-0.3, -0.25) is 4.90 Å². The molecule has 98 valence electrons. The van der Waals surface area contributed by atoms with Gasteiger partial charge in [0.1, 0.15) is 0 Å². The number of rotatable bonds is 6. The van der Waals surface area contributed by atoms with E-state index in [1.807, 2.05) is 0 Å². The maximum atomic E-state index is 5.61. The first-order valence-electron chi connectivity index (χ1n) is 6.30. The van der Waals surface area contributed by atoms with E-state index < -0.39 is 0 Å². The SMILES string of the molecule is CCCC1CNCCN1CCOC(C)C.Cl. The molecule has 1 unspecified atom stereocenters. The van der Waals surface area contributed by atoms with Crippen molar-refractivity contribution in [2.45, 2.75) is 45.8 Å². The van der Waals surface area contributed by atoms with Gasteiger partial charge in [0.15, 0.2) is 0 Å². The van der Waals surface area contributed by atoms with Crippen LogP contribution in [0.2, 0.25) is 0 Å². The third-order valence-corrected chi connectivity index (χ3v) is 2.92. The fraction of sp³-hybridized carbons (Fsp3) is 1.00. The van der Waals surface area contributed by atoms with Gasteiger partial charge >= 0.3 is 0 Å². The van der Waals surface area contributed by atoms with E-state index in [1.165, 1.54) is 19.4 Å². The molecule has 1 aliphatic heterocycles. The van der Waals surface area contributed by atoms with Gasteiger partial charge in [0.2, 0.25) is 0 Å². The summed E-state index contributed by atoms with van der Waals surface area (Å²) in [6.07, 6.45) is 2.93. The van der Waals surface area contributed by atoms with Gasteiger partial charge in [0.25, 0.3) is 0 Å². The molecule has 16 heavy (non-hydrogen) atoms. The third kappa shape index (κ3) is 6.04. The Morgan fingerprint density at radius 1 is 1.44 bits per heavy atom. The van der Waals surface area contributed by atoms with E-state index in [-0.39, 0.29) is 12.4 Å². The zero-order chi connectivity index (χ0) is 11.1. The Morgan fingerprint density at radius 3 is 2.81 bits per heavy atom. The Morgan fingerprint density at radius 2 is 2.19 bits per heavy atom. The maximum Gasteiger partial charge on any atom is 0.0597 e. The molecule has 1 fully saturated rings. The van der Waals surface area contributed by atoms with Crippen LogP contribution in [0.15, 0.2) is 0 Å².